The maximum atomic E-state index is 12.8. The van der Waals surface area contributed by atoms with Crippen molar-refractivity contribution < 1.29 is 27.6 Å². The van der Waals surface area contributed by atoms with Crippen molar-refractivity contribution in [3.8, 4) is 0 Å². The molecule has 0 unspecified atom stereocenters. The Morgan fingerprint density at radius 3 is 2.67 bits per heavy atom. The van der Waals surface area contributed by atoms with Crippen molar-refractivity contribution in [1.82, 2.24) is 14.7 Å². The van der Waals surface area contributed by atoms with Gasteiger partial charge in [-0.05, 0) is 12.8 Å². The zero-order valence-electron chi connectivity index (χ0n) is 10.6. The van der Waals surface area contributed by atoms with Crippen molar-refractivity contribution in [2.45, 2.75) is 31.5 Å². The van der Waals surface area contributed by atoms with Gasteiger partial charge in [-0.1, -0.05) is 5.16 Å². The van der Waals surface area contributed by atoms with Gasteiger partial charge in [0.15, 0.2) is 5.82 Å². The summed E-state index contributed by atoms with van der Waals surface area (Å²) < 4.78 is 44.3. The zero-order valence-corrected chi connectivity index (χ0v) is 10.6. The molecule has 6 nitrogen and oxygen atoms in total. The minimum Gasteiger partial charge on any atom is -0.478 e. The molecule has 1 N–H and O–H groups in total. The molecular formula is C12H10F3N3O3. The second-order valence-electron chi connectivity index (χ2n) is 4.88. The number of hydrogen-bond donors (Lipinski definition) is 1. The Morgan fingerprint density at radius 1 is 1.43 bits per heavy atom. The highest BCUT2D eigenvalue weighted by Gasteiger charge is 2.37. The number of alkyl halides is 3. The molecule has 0 aromatic carbocycles. The first-order chi connectivity index (χ1) is 9.84. The Hall–Kier alpha value is -2.32. The average molecular weight is 301 g/mol. The van der Waals surface area contributed by atoms with Gasteiger partial charge in [-0.3, -0.25) is 0 Å². The lowest BCUT2D eigenvalue weighted by molar-refractivity contribution is -0.138. The second-order valence-corrected chi connectivity index (χ2v) is 4.88. The van der Waals surface area contributed by atoms with Crippen LogP contribution in [-0.2, 0) is 12.7 Å². The Labute approximate surface area is 116 Å². The van der Waals surface area contributed by atoms with Crippen molar-refractivity contribution in [1.29, 1.82) is 0 Å². The summed E-state index contributed by atoms with van der Waals surface area (Å²) >= 11 is 0. The van der Waals surface area contributed by atoms with Gasteiger partial charge in [0.25, 0.3) is 0 Å². The maximum absolute atomic E-state index is 12.8. The van der Waals surface area contributed by atoms with Crippen molar-refractivity contribution in [2.75, 3.05) is 0 Å². The molecule has 0 radical (unpaired) electrons. The van der Waals surface area contributed by atoms with E-state index >= 15 is 0 Å². The van der Waals surface area contributed by atoms with Gasteiger partial charge in [-0.25, -0.2) is 4.79 Å². The van der Waals surface area contributed by atoms with Crippen LogP contribution in [0.25, 0.3) is 0 Å². The molecule has 2 aromatic heterocycles. The van der Waals surface area contributed by atoms with E-state index in [2.05, 4.69) is 10.1 Å². The summed E-state index contributed by atoms with van der Waals surface area (Å²) in [6.07, 6.45) is -1.15. The van der Waals surface area contributed by atoms with E-state index in [-0.39, 0.29) is 18.3 Å². The minimum absolute atomic E-state index is 0.0768. The van der Waals surface area contributed by atoms with Crippen LogP contribution in [0.4, 0.5) is 13.2 Å². The second kappa shape index (κ2) is 4.61. The monoisotopic (exact) mass is 301 g/mol. The summed E-state index contributed by atoms with van der Waals surface area (Å²) in [4.78, 5) is 15.0. The molecular weight excluding hydrogens is 291 g/mol. The van der Waals surface area contributed by atoms with Crippen LogP contribution in [0.3, 0.4) is 0 Å². The van der Waals surface area contributed by atoms with Crippen LogP contribution in [0.1, 0.15) is 46.4 Å². The standard InChI is InChI=1S/C12H10F3N3O3/c13-12(14,15)8-4-18(3-7(8)11(19)20)5-9-16-10(21-17-9)6-1-2-6/h3-4,6H,1-2,5H2,(H,19,20). The number of rotatable bonds is 4. The molecule has 0 bridgehead atoms. The Morgan fingerprint density at radius 2 is 2.14 bits per heavy atom. The zero-order chi connectivity index (χ0) is 15.2. The quantitative estimate of drug-likeness (QED) is 0.938. The fraction of sp³-hybridized carbons (Fsp3) is 0.417. The first-order valence-electron chi connectivity index (χ1n) is 6.17. The fourth-order valence-corrected chi connectivity index (χ4v) is 1.99. The molecule has 0 atom stereocenters. The van der Waals surface area contributed by atoms with Crippen molar-refractivity contribution in [2.24, 2.45) is 0 Å². The van der Waals surface area contributed by atoms with Gasteiger partial charge in [-0.15, -0.1) is 0 Å². The van der Waals surface area contributed by atoms with Gasteiger partial charge in [0.1, 0.15) is 0 Å². The van der Waals surface area contributed by atoms with Crippen LogP contribution < -0.4 is 0 Å². The van der Waals surface area contributed by atoms with Gasteiger partial charge in [0.2, 0.25) is 5.89 Å². The van der Waals surface area contributed by atoms with Crippen LogP contribution in [0.5, 0.6) is 0 Å². The average Bonchev–Trinajstić information content (AvgIpc) is 2.96. The van der Waals surface area contributed by atoms with Gasteiger partial charge < -0.3 is 14.2 Å². The molecule has 112 valence electrons. The number of halogens is 3. The van der Waals surface area contributed by atoms with E-state index in [1.54, 1.807) is 0 Å². The molecule has 2 aromatic rings. The molecule has 3 rings (SSSR count). The van der Waals surface area contributed by atoms with E-state index in [0.717, 1.165) is 29.8 Å². The number of carboxylic acids is 1. The molecule has 0 saturated heterocycles. The highest BCUT2D eigenvalue weighted by Crippen LogP contribution is 2.39. The normalized spacial score (nSPS) is 15.4. The van der Waals surface area contributed by atoms with Crippen molar-refractivity contribution in [3.63, 3.8) is 0 Å². The van der Waals surface area contributed by atoms with Gasteiger partial charge >= 0.3 is 12.1 Å². The topological polar surface area (TPSA) is 81.1 Å². The molecule has 1 fully saturated rings. The maximum Gasteiger partial charge on any atom is 0.418 e. The molecule has 0 amide bonds. The minimum atomic E-state index is -4.73. The largest absolute Gasteiger partial charge is 0.478 e. The first-order valence-corrected chi connectivity index (χ1v) is 6.17. The van der Waals surface area contributed by atoms with Crippen LogP contribution in [0.15, 0.2) is 16.9 Å². The van der Waals surface area contributed by atoms with Crippen LogP contribution in [0.2, 0.25) is 0 Å². The van der Waals surface area contributed by atoms with Crippen LogP contribution >= 0.6 is 0 Å². The lowest BCUT2D eigenvalue weighted by Crippen LogP contribution is -2.09. The third-order valence-electron chi connectivity index (χ3n) is 3.15. The molecule has 0 aliphatic heterocycles. The predicted octanol–water partition coefficient (Wildman–Crippen LogP) is 2.51. The van der Waals surface area contributed by atoms with Crippen molar-refractivity contribution in [3.05, 3.63) is 35.2 Å². The van der Waals surface area contributed by atoms with Gasteiger partial charge in [0.05, 0.1) is 17.7 Å². The summed E-state index contributed by atoms with van der Waals surface area (Å²) in [6.45, 7) is -0.0768. The summed E-state index contributed by atoms with van der Waals surface area (Å²) in [7, 11) is 0. The van der Waals surface area contributed by atoms with E-state index in [1.165, 1.54) is 0 Å². The van der Waals surface area contributed by atoms with Crippen LogP contribution in [-0.4, -0.2) is 25.8 Å². The summed E-state index contributed by atoms with van der Waals surface area (Å²) in [5.41, 5.74) is -1.99. The number of carbonyl (C=O) groups is 1. The highest BCUT2D eigenvalue weighted by molar-refractivity contribution is 5.89. The predicted molar refractivity (Wildman–Crippen MR) is 61.8 cm³/mol. The third kappa shape index (κ3) is 2.76. The van der Waals surface area contributed by atoms with Crippen LogP contribution in [0, 0.1) is 0 Å². The lowest BCUT2D eigenvalue weighted by atomic mass is 10.2. The van der Waals surface area contributed by atoms with E-state index in [0.29, 0.717) is 5.89 Å². The molecule has 1 aliphatic carbocycles. The number of nitrogens with zero attached hydrogens (tertiary/aromatic N) is 3. The fourth-order valence-electron chi connectivity index (χ4n) is 1.99. The number of aromatic carboxylic acids is 1. The molecule has 1 aliphatic rings. The summed E-state index contributed by atoms with van der Waals surface area (Å²) in [6, 6.07) is 0. The number of hydrogen-bond acceptors (Lipinski definition) is 4. The summed E-state index contributed by atoms with van der Waals surface area (Å²) in [5, 5.41) is 12.5. The Kier molecular flexibility index (Phi) is 2.99. The Balaban J connectivity index is 1.86. The van der Waals surface area contributed by atoms with Gasteiger partial charge in [-0.2, -0.15) is 18.2 Å². The van der Waals surface area contributed by atoms with E-state index in [9.17, 15) is 18.0 Å². The molecule has 1 saturated carbocycles. The molecule has 9 heteroatoms. The highest BCUT2D eigenvalue weighted by atomic mass is 19.4. The Bertz CT molecular complexity index is 685. The molecule has 0 spiro atoms. The SMILES string of the molecule is O=C(O)c1cn(Cc2noc(C3CC3)n2)cc1C(F)(F)F. The van der Waals surface area contributed by atoms with E-state index < -0.39 is 23.3 Å². The first kappa shape index (κ1) is 13.7. The smallest absolute Gasteiger partial charge is 0.418 e. The number of carboxylic acid groups (broad SMARTS) is 1. The van der Waals surface area contributed by atoms with E-state index in [4.69, 9.17) is 9.63 Å². The third-order valence-corrected chi connectivity index (χ3v) is 3.15. The van der Waals surface area contributed by atoms with E-state index in [1.807, 2.05) is 0 Å². The van der Waals surface area contributed by atoms with Gasteiger partial charge in [0, 0.05) is 18.3 Å². The molecule has 2 heterocycles. The van der Waals surface area contributed by atoms with Crippen molar-refractivity contribution >= 4 is 5.97 Å². The summed E-state index contributed by atoms with van der Waals surface area (Å²) in [5.74, 6) is -0.687. The molecule has 21 heavy (non-hydrogen) atoms. The number of aromatic nitrogens is 3. The lowest BCUT2D eigenvalue weighted by Gasteiger charge is -2.04.